The quantitative estimate of drug-likeness (QED) is 0.517. The maximum absolute atomic E-state index is 10.1. The van der Waals surface area contributed by atoms with E-state index in [1.54, 1.807) is 6.33 Å². The lowest BCUT2D eigenvalue weighted by atomic mass is 9.84. The number of aromatic amines is 1. The van der Waals surface area contributed by atoms with Crippen LogP contribution in [0.4, 0.5) is 5.95 Å². The molecule has 3 N–H and O–H groups in total. The van der Waals surface area contributed by atoms with E-state index in [1.807, 2.05) is 42.0 Å². The van der Waals surface area contributed by atoms with E-state index in [-0.39, 0.29) is 0 Å². The molecule has 1 saturated carbocycles. The molecule has 0 atom stereocenters. The lowest BCUT2D eigenvalue weighted by Crippen LogP contribution is -2.36. The van der Waals surface area contributed by atoms with E-state index in [9.17, 15) is 5.11 Å². The molecule has 1 aliphatic rings. The molecule has 1 fully saturated rings. The Balaban J connectivity index is 1.41. The topological polar surface area (TPSA) is 104 Å². The Kier molecular flexibility index (Phi) is 3.61. The van der Waals surface area contributed by atoms with Gasteiger partial charge in [-0.15, -0.1) is 10.2 Å². The summed E-state index contributed by atoms with van der Waals surface area (Å²) in [6, 6.07) is 4.26. The number of anilines is 1. The molecule has 0 spiro atoms. The standard InChI is InChI=1S/C19H21N7O/c1-19(27)6-4-13(5-7-19)23-18-21-9-15-14(8-20-17(15)24-18)12-2-3-16-25-22-11-26(16)10-12/h2-3,8-11,13,27H,4-7H2,1H3,(H2,20,21,23,24)/t13-,19-. The number of hydrogen-bond acceptors (Lipinski definition) is 6. The molecule has 4 aromatic heterocycles. The average Bonchev–Trinajstić information content (AvgIpc) is 3.29. The SMILES string of the molecule is C[C@]1(O)CC[C@H](Nc2ncc3c(-c4ccc5nncn5c4)c[nH]c3n2)CC1. The minimum absolute atomic E-state index is 0.299. The number of rotatable bonds is 3. The number of fused-ring (bicyclic) bond motifs is 2. The third kappa shape index (κ3) is 3.02. The smallest absolute Gasteiger partial charge is 0.224 e. The Morgan fingerprint density at radius 3 is 3.00 bits per heavy atom. The van der Waals surface area contributed by atoms with Crippen molar-refractivity contribution in [2.45, 2.75) is 44.2 Å². The van der Waals surface area contributed by atoms with Gasteiger partial charge in [-0.05, 0) is 44.7 Å². The van der Waals surface area contributed by atoms with Crippen molar-refractivity contribution < 1.29 is 5.11 Å². The van der Waals surface area contributed by atoms with Crippen molar-refractivity contribution in [3.05, 3.63) is 37.1 Å². The fourth-order valence-corrected chi connectivity index (χ4v) is 3.77. The van der Waals surface area contributed by atoms with Gasteiger partial charge in [-0.25, -0.2) is 4.98 Å². The van der Waals surface area contributed by atoms with Crippen LogP contribution >= 0.6 is 0 Å². The predicted molar refractivity (Wildman–Crippen MR) is 102 cm³/mol. The third-order valence-corrected chi connectivity index (χ3v) is 5.43. The van der Waals surface area contributed by atoms with E-state index >= 15 is 0 Å². The molecule has 0 amide bonds. The molecule has 5 rings (SSSR count). The summed E-state index contributed by atoms with van der Waals surface area (Å²) >= 11 is 0. The first kappa shape index (κ1) is 16.2. The van der Waals surface area contributed by atoms with Crippen LogP contribution in [0, 0.1) is 0 Å². The molecule has 4 aromatic rings. The van der Waals surface area contributed by atoms with Crippen LogP contribution in [-0.4, -0.2) is 46.3 Å². The van der Waals surface area contributed by atoms with Gasteiger partial charge in [0, 0.05) is 41.1 Å². The van der Waals surface area contributed by atoms with Crippen molar-refractivity contribution in [2.75, 3.05) is 5.32 Å². The molecule has 0 aliphatic heterocycles. The second-order valence-electron chi connectivity index (χ2n) is 7.59. The van der Waals surface area contributed by atoms with E-state index in [0.717, 1.165) is 53.5 Å². The van der Waals surface area contributed by atoms with Crippen LogP contribution in [0.5, 0.6) is 0 Å². The Morgan fingerprint density at radius 1 is 1.30 bits per heavy atom. The van der Waals surface area contributed by atoms with Crippen LogP contribution < -0.4 is 5.32 Å². The van der Waals surface area contributed by atoms with E-state index < -0.39 is 5.60 Å². The summed E-state index contributed by atoms with van der Waals surface area (Å²) in [5.41, 5.74) is 3.17. The molecule has 0 unspecified atom stereocenters. The molecule has 0 aromatic carbocycles. The number of aromatic nitrogens is 6. The number of nitrogens with one attached hydrogen (secondary N) is 2. The van der Waals surface area contributed by atoms with E-state index in [1.165, 1.54) is 0 Å². The summed E-state index contributed by atoms with van der Waals surface area (Å²) in [7, 11) is 0. The lowest BCUT2D eigenvalue weighted by molar-refractivity contribution is 0.0196. The Hall–Kier alpha value is -3.00. The van der Waals surface area contributed by atoms with Gasteiger partial charge < -0.3 is 15.4 Å². The van der Waals surface area contributed by atoms with Crippen molar-refractivity contribution in [1.82, 2.24) is 29.5 Å². The van der Waals surface area contributed by atoms with Gasteiger partial charge in [0.2, 0.25) is 5.95 Å². The normalized spacial score (nSPS) is 23.1. The zero-order valence-corrected chi connectivity index (χ0v) is 15.1. The van der Waals surface area contributed by atoms with Crippen molar-refractivity contribution in [3.8, 4) is 11.1 Å². The summed E-state index contributed by atoms with van der Waals surface area (Å²) in [6.07, 6.45) is 10.9. The highest BCUT2D eigenvalue weighted by Crippen LogP contribution is 2.30. The van der Waals surface area contributed by atoms with Crippen molar-refractivity contribution >= 4 is 22.6 Å². The van der Waals surface area contributed by atoms with Gasteiger partial charge in [-0.3, -0.25) is 4.40 Å². The highest BCUT2D eigenvalue weighted by molar-refractivity contribution is 5.93. The van der Waals surface area contributed by atoms with Gasteiger partial charge in [-0.1, -0.05) is 0 Å². The van der Waals surface area contributed by atoms with Crippen LogP contribution in [0.2, 0.25) is 0 Å². The number of hydrogen-bond donors (Lipinski definition) is 3. The molecule has 0 radical (unpaired) electrons. The monoisotopic (exact) mass is 363 g/mol. The molecule has 27 heavy (non-hydrogen) atoms. The van der Waals surface area contributed by atoms with Crippen molar-refractivity contribution in [1.29, 1.82) is 0 Å². The maximum Gasteiger partial charge on any atom is 0.224 e. The second kappa shape index (κ2) is 6.02. The first-order chi connectivity index (χ1) is 13.1. The van der Waals surface area contributed by atoms with Crippen LogP contribution in [-0.2, 0) is 0 Å². The maximum atomic E-state index is 10.1. The number of aliphatic hydroxyl groups is 1. The van der Waals surface area contributed by atoms with E-state index in [2.05, 4.69) is 30.5 Å². The summed E-state index contributed by atoms with van der Waals surface area (Å²) in [5.74, 6) is 0.622. The molecule has 8 heteroatoms. The van der Waals surface area contributed by atoms with Crippen molar-refractivity contribution in [3.63, 3.8) is 0 Å². The van der Waals surface area contributed by atoms with Crippen LogP contribution in [0.1, 0.15) is 32.6 Å². The fourth-order valence-electron chi connectivity index (χ4n) is 3.77. The summed E-state index contributed by atoms with van der Waals surface area (Å²) in [5, 5.41) is 22.4. The Bertz CT molecular complexity index is 1100. The largest absolute Gasteiger partial charge is 0.390 e. The van der Waals surface area contributed by atoms with E-state index in [4.69, 9.17) is 0 Å². The first-order valence-electron chi connectivity index (χ1n) is 9.20. The van der Waals surface area contributed by atoms with Crippen LogP contribution in [0.15, 0.2) is 37.1 Å². The number of H-pyrrole nitrogens is 1. The zero-order valence-electron chi connectivity index (χ0n) is 15.1. The van der Waals surface area contributed by atoms with Crippen LogP contribution in [0.3, 0.4) is 0 Å². The summed E-state index contributed by atoms with van der Waals surface area (Å²) < 4.78 is 1.89. The minimum Gasteiger partial charge on any atom is -0.390 e. The number of pyridine rings is 1. The number of nitrogens with zero attached hydrogens (tertiary/aromatic N) is 5. The molecule has 1 aliphatic carbocycles. The molecule has 8 nitrogen and oxygen atoms in total. The van der Waals surface area contributed by atoms with E-state index in [0.29, 0.717) is 12.0 Å². The first-order valence-corrected chi connectivity index (χ1v) is 9.20. The van der Waals surface area contributed by atoms with Gasteiger partial charge >= 0.3 is 0 Å². The van der Waals surface area contributed by atoms with Crippen LogP contribution in [0.25, 0.3) is 27.8 Å². The van der Waals surface area contributed by atoms with Gasteiger partial charge in [0.05, 0.1) is 5.60 Å². The molecule has 4 heterocycles. The Morgan fingerprint density at radius 2 is 2.15 bits per heavy atom. The molecular weight excluding hydrogens is 342 g/mol. The highest BCUT2D eigenvalue weighted by Gasteiger charge is 2.28. The zero-order chi connectivity index (χ0) is 18.4. The molecule has 0 bridgehead atoms. The molecule has 138 valence electrons. The van der Waals surface area contributed by atoms with Crippen molar-refractivity contribution in [2.24, 2.45) is 0 Å². The van der Waals surface area contributed by atoms with Gasteiger partial charge in [0.15, 0.2) is 5.65 Å². The van der Waals surface area contributed by atoms with Gasteiger partial charge in [0.1, 0.15) is 12.0 Å². The predicted octanol–water partition coefficient (Wildman–Crippen LogP) is 2.77. The average molecular weight is 363 g/mol. The van der Waals surface area contributed by atoms with Gasteiger partial charge in [0.25, 0.3) is 0 Å². The summed E-state index contributed by atoms with van der Waals surface area (Å²) in [4.78, 5) is 12.4. The highest BCUT2D eigenvalue weighted by atomic mass is 16.3. The fraction of sp³-hybridized carbons (Fsp3) is 0.368. The second-order valence-corrected chi connectivity index (χ2v) is 7.59. The minimum atomic E-state index is -0.538. The molecular formula is C19H21N7O. The Labute approximate surface area is 155 Å². The lowest BCUT2D eigenvalue weighted by Gasteiger charge is -2.33. The summed E-state index contributed by atoms with van der Waals surface area (Å²) in [6.45, 7) is 1.91. The molecule has 0 saturated heterocycles. The third-order valence-electron chi connectivity index (χ3n) is 5.43. The van der Waals surface area contributed by atoms with Gasteiger partial charge in [-0.2, -0.15) is 4.98 Å².